The third kappa shape index (κ3) is 3.10. The number of aromatic nitrogens is 3. The largest absolute Gasteiger partial charge is 0.315 e. The lowest BCUT2D eigenvalue weighted by molar-refractivity contribution is -0.117. The summed E-state index contributed by atoms with van der Waals surface area (Å²) >= 11 is 1.47. The Morgan fingerprint density at radius 3 is 2.76 bits per heavy atom. The molecule has 0 aliphatic heterocycles. The number of nitrogens with zero attached hydrogens (tertiary/aromatic N) is 4. The van der Waals surface area contributed by atoms with Gasteiger partial charge in [0.25, 0.3) is 0 Å². The minimum absolute atomic E-state index is 0.0662. The monoisotopic (exact) mass is 302 g/mol. The fourth-order valence-electron chi connectivity index (χ4n) is 2.18. The minimum Gasteiger partial charge on any atom is -0.315 e. The van der Waals surface area contributed by atoms with Crippen LogP contribution in [-0.2, 0) is 4.79 Å². The molecule has 0 bridgehead atoms. The van der Waals surface area contributed by atoms with Gasteiger partial charge in [0, 0.05) is 18.8 Å². The predicted molar refractivity (Wildman–Crippen MR) is 83.5 cm³/mol. The molecule has 1 fully saturated rings. The number of carbonyl (C=O) groups is 1. The summed E-state index contributed by atoms with van der Waals surface area (Å²) in [6.45, 7) is 1.92. The van der Waals surface area contributed by atoms with Crippen LogP contribution < -0.4 is 4.90 Å². The van der Waals surface area contributed by atoms with Gasteiger partial charge in [0.2, 0.25) is 5.91 Å². The van der Waals surface area contributed by atoms with Crippen LogP contribution in [0.25, 0.3) is 0 Å². The molecule has 1 heterocycles. The molecule has 3 rings (SSSR count). The first-order valence-corrected chi connectivity index (χ1v) is 7.93. The molecule has 2 aromatic rings. The van der Waals surface area contributed by atoms with E-state index in [1.165, 1.54) is 24.6 Å². The molecule has 1 atom stereocenters. The summed E-state index contributed by atoms with van der Waals surface area (Å²) in [6, 6.07) is 10.2. The summed E-state index contributed by atoms with van der Waals surface area (Å²) in [5.41, 5.74) is 0.901. The predicted octanol–water partition coefficient (Wildman–Crippen LogP) is 2.76. The van der Waals surface area contributed by atoms with E-state index in [4.69, 9.17) is 0 Å². The van der Waals surface area contributed by atoms with E-state index in [-0.39, 0.29) is 11.2 Å². The molecule has 1 aliphatic carbocycles. The van der Waals surface area contributed by atoms with Crippen LogP contribution in [0.4, 0.5) is 5.69 Å². The number of benzene rings is 1. The fraction of sp³-hybridized carbons (Fsp3) is 0.400. The van der Waals surface area contributed by atoms with Gasteiger partial charge in [0.15, 0.2) is 5.16 Å². The zero-order chi connectivity index (χ0) is 14.8. The summed E-state index contributed by atoms with van der Waals surface area (Å²) in [6.07, 6.45) is 4.12. The minimum atomic E-state index is -0.197. The van der Waals surface area contributed by atoms with E-state index in [1.54, 1.807) is 18.3 Å². The molecule has 1 aromatic carbocycles. The van der Waals surface area contributed by atoms with Crippen LogP contribution in [0.2, 0.25) is 0 Å². The van der Waals surface area contributed by atoms with Crippen molar-refractivity contribution in [2.45, 2.75) is 36.2 Å². The van der Waals surface area contributed by atoms with Gasteiger partial charge >= 0.3 is 0 Å². The van der Waals surface area contributed by atoms with Gasteiger partial charge in [-0.15, -0.1) is 10.2 Å². The maximum Gasteiger partial charge on any atom is 0.240 e. The number of hydrogen-bond donors (Lipinski definition) is 0. The maximum absolute atomic E-state index is 12.5. The highest BCUT2D eigenvalue weighted by Crippen LogP contribution is 2.38. The van der Waals surface area contributed by atoms with Gasteiger partial charge in [-0.25, -0.2) is 0 Å². The Bertz CT molecular complexity index is 624. The first-order chi connectivity index (χ1) is 10.2. The summed E-state index contributed by atoms with van der Waals surface area (Å²) < 4.78 is 2.08. The smallest absolute Gasteiger partial charge is 0.240 e. The van der Waals surface area contributed by atoms with Gasteiger partial charge in [-0.3, -0.25) is 4.79 Å². The van der Waals surface area contributed by atoms with Crippen LogP contribution in [0.5, 0.6) is 0 Å². The number of anilines is 1. The normalized spacial score (nSPS) is 15.7. The van der Waals surface area contributed by atoms with Crippen molar-refractivity contribution in [2.24, 2.45) is 0 Å². The Balaban J connectivity index is 1.68. The lowest BCUT2D eigenvalue weighted by Gasteiger charge is -2.21. The van der Waals surface area contributed by atoms with Crippen molar-refractivity contribution in [1.82, 2.24) is 14.8 Å². The van der Waals surface area contributed by atoms with E-state index in [2.05, 4.69) is 14.8 Å². The van der Waals surface area contributed by atoms with Crippen LogP contribution in [0.3, 0.4) is 0 Å². The molecule has 0 N–H and O–H groups in total. The zero-order valence-electron chi connectivity index (χ0n) is 12.1. The molecule has 6 heteroatoms. The molecule has 110 valence electrons. The molecular weight excluding hydrogens is 284 g/mol. The van der Waals surface area contributed by atoms with Crippen molar-refractivity contribution >= 4 is 23.4 Å². The van der Waals surface area contributed by atoms with Gasteiger partial charge in [0.05, 0.1) is 5.25 Å². The number of rotatable bonds is 5. The van der Waals surface area contributed by atoms with Crippen molar-refractivity contribution in [3.05, 3.63) is 36.7 Å². The van der Waals surface area contributed by atoms with E-state index in [0.717, 1.165) is 10.8 Å². The van der Waals surface area contributed by atoms with E-state index >= 15 is 0 Å². The Labute approximate surface area is 128 Å². The van der Waals surface area contributed by atoms with Crippen molar-refractivity contribution in [3.8, 4) is 0 Å². The Morgan fingerprint density at radius 1 is 1.38 bits per heavy atom. The molecule has 5 nitrogen and oxygen atoms in total. The van der Waals surface area contributed by atoms with Crippen LogP contribution in [0.15, 0.2) is 41.8 Å². The number of hydrogen-bond acceptors (Lipinski definition) is 4. The van der Waals surface area contributed by atoms with Crippen LogP contribution >= 0.6 is 11.8 Å². The van der Waals surface area contributed by atoms with Gasteiger partial charge in [0.1, 0.15) is 6.33 Å². The highest BCUT2D eigenvalue weighted by Gasteiger charge is 2.28. The van der Waals surface area contributed by atoms with E-state index in [1.807, 2.05) is 37.3 Å². The lowest BCUT2D eigenvalue weighted by atomic mass is 10.3. The van der Waals surface area contributed by atoms with E-state index in [0.29, 0.717) is 6.04 Å². The second-order valence-corrected chi connectivity index (χ2v) is 6.55. The van der Waals surface area contributed by atoms with Gasteiger partial charge < -0.3 is 9.47 Å². The van der Waals surface area contributed by atoms with Gasteiger partial charge in [-0.05, 0) is 31.9 Å². The number of para-hydroxylation sites is 1. The van der Waals surface area contributed by atoms with Crippen LogP contribution in [-0.4, -0.2) is 33.0 Å². The second kappa shape index (κ2) is 5.89. The summed E-state index contributed by atoms with van der Waals surface area (Å²) in [7, 11) is 1.81. The lowest BCUT2D eigenvalue weighted by Crippen LogP contribution is -2.33. The third-order valence-electron chi connectivity index (χ3n) is 3.58. The molecule has 0 spiro atoms. The summed E-state index contributed by atoms with van der Waals surface area (Å²) in [4.78, 5) is 14.2. The quantitative estimate of drug-likeness (QED) is 0.797. The molecule has 21 heavy (non-hydrogen) atoms. The third-order valence-corrected chi connectivity index (χ3v) is 4.64. The Kier molecular flexibility index (Phi) is 3.96. The van der Waals surface area contributed by atoms with E-state index < -0.39 is 0 Å². The number of amides is 1. The molecule has 0 saturated heterocycles. The highest BCUT2D eigenvalue weighted by atomic mass is 32.2. The maximum atomic E-state index is 12.5. The first-order valence-electron chi connectivity index (χ1n) is 7.05. The zero-order valence-corrected chi connectivity index (χ0v) is 13.0. The fourth-order valence-corrected chi connectivity index (χ4v) is 3.17. The molecule has 1 aliphatic rings. The number of thioether (sulfide) groups is 1. The second-order valence-electron chi connectivity index (χ2n) is 5.24. The molecular formula is C15H18N4OS. The average Bonchev–Trinajstić information content (AvgIpc) is 3.26. The number of carbonyl (C=O) groups excluding carboxylic acids is 1. The van der Waals surface area contributed by atoms with Gasteiger partial charge in [-0.1, -0.05) is 30.0 Å². The average molecular weight is 302 g/mol. The van der Waals surface area contributed by atoms with Gasteiger partial charge in [-0.2, -0.15) is 0 Å². The Morgan fingerprint density at radius 2 is 2.10 bits per heavy atom. The molecule has 1 amide bonds. The molecule has 0 radical (unpaired) electrons. The summed E-state index contributed by atoms with van der Waals surface area (Å²) in [5, 5.41) is 8.74. The van der Waals surface area contributed by atoms with Crippen molar-refractivity contribution in [3.63, 3.8) is 0 Å². The first kappa shape index (κ1) is 14.1. The van der Waals surface area contributed by atoms with Crippen molar-refractivity contribution < 1.29 is 4.79 Å². The molecule has 1 saturated carbocycles. The summed E-state index contributed by atoms with van der Waals surface area (Å²) in [5.74, 6) is 0.0662. The highest BCUT2D eigenvalue weighted by molar-refractivity contribution is 8.00. The molecule has 0 unspecified atom stereocenters. The standard InChI is InChI=1S/C15H18N4OS/c1-11(14(20)18(2)12-6-4-3-5-7-12)21-15-17-16-10-19(15)13-8-9-13/h3-7,10-11,13H,8-9H2,1-2H3/t11-/m0/s1. The van der Waals surface area contributed by atoms with E-state index in [9.17, 15) is 4.79 Å². The SMILES string of the molecule is C[C@H](Sc1nncn1C1CC1)C(=O)N(C)c1ccccc1. The Hall–Kier alpha value is -1.82. The molecule has 1 aromatic heterocycles. The van der Waals surface area contributed by atoms with Crippen LogP contribution in [0, 0.1) is 0 Å². The van der Waals surface area contributed by atoms with Crippen molar-refractivity contribution in [2.75, 3.05) is 11.9 Å². The van der Waals surface area contributed by atoms with Crippen molar-refractivity contribution in [1.29, 1.82) is 0 Å². The van der Waals surface area contributed by atoms with Crippen LogP contribution in [0.1, 0.15) is 25.8 Å². The topological polar surface area (TPSA) is 51.0 Å².